The van der Waals surface area contributed by atoms with E-state index in [0.717, 1.165) is 5.56 Å². The van der Waals surface area contributed by atoms with Gasteiger partial charge in [0.25, 0.3) is 0 Å². The molecule has 3 nitrogen and oxygen atoms in total. The Labute approximate surface area is 101 Å². The molecule has 1 aliphatic rings. The van der Waals surface area contributed by atoms with E-state index in [1.54, 1.807) is 6.92 Å². The lowest BCUT2D eigenvalue weighted by atomic mass is 10.0. The minimum Gasteiger partial charge on any atom is -0.489 e. The van der Waals surface area contributed by atoms with Crippen molar-refractivity contribution in [2.75, 3.05) is 6.61 Å². The van der Waals surface area contributed by atoms with Crippen molar-refractivity contribution >= 4 is 5.97 Å². The molecule has 3 heteroatoms. The van der Waals surface area contributed by atoms with Gasteiger partial charge in [0.05, 0.1) is 12.2 Å². The Balaban J connectivity index is 2.09. The second-order valence-electron chi connectivity index (χ2n) is 3.98. The van der Waals surface area contributed by atoms with Crippen LogP contribution in [0.25, 0.3) is 0 Å². The van der Waals surface area contributed by atoms with E-state index in [1.807, 2.05) is 37.3 Å². The Hall–Kier alpha value is -1.77. The lowest BCUT2D eigenvalue weighted by Crippen LogP contribution is -2.07. The molecule has 0 spiro atoms. The maximum Gasteiger partial charge on any atom is 0.337 e. The van der Waals surface area contributed by atoms with Crippen LogP contribution < -0.4 is 0 Å². The quantitative estimate of drug-likeness (QED) is 0.751. The van der Waals surface area contributed by atoms with Crippen LogP contribution in [0.5, 0.6) is 0 Å². The summed E-state index contributed by atoms with van der Waals surface area (Å²) in [5, 5.41) is 0. The highest BCUT2D eigenvalue weighted by molar-refractivity contribution is 5.89. The first kappa shape index (κ1) is 11.7. The number of esters is 1. The van der Waals surface area contributed by atoms with E-state index in [-0.39, 0.29) is 12.1 Å². The smallest absolute Gasteiger partial charge is 0.337 e. The highest BCUT2D eigenvalue weighted by Gasteiger charge is 2.29. The lowest BCUT2D eigenvalue weighted by molar-refractivity contribution is -0.138. The summed E-state index contributed by atoms with van der Waals surface area (Å²) in [6.07, 6.45) is 0.532. The fourth-order valence-electron chi connectivity index (χ4n) is 1.95. The van der Waals surface area contributed by atoms with Crippen molar-refractivity contribution in [2.24, 2.45) is 0 Å². The predicted octanol–water partition coefficient (Wildman–Crippen LogP) is 2.99. The number of carbonyl (C=O) groups is 1. The van der Waals surface area contributed by atoms with Crippen molar-refractivity contribution in [2.45, 2.75) is 26.4 Å². The number of hydrogen-bond donors (Lipinski definition) is 0. The highest BCUT2D eigenvalue weighted by atomic mass is 16.5. The van der Waals surface area contributed by atoms with E-state index in [1.165, 1.54) is 0 Å². The first-order valence-electron chi connectivity index (χ1n) is 5.81. The lowest BCUT2D eigenvalue weighted by Gasteiger charge is -2.11. The third kappa shape index (κ3) is 2.49. The molecule has 1 unspecified atom stereocenters. The topological polar surface area (TPSA) is 35.5 Å². The van der Waals surface area contributed by atoms with Crippen LogP contribution in [0.3, 0.4) is 0 Å². The molecule has 90 valence electrons. The standard InChI is InChI=1S/C14H16O3/c1-3-16-14(15)12-9-13(17-10(12)2)11-7-5-4-6-8-11/h4-8,13H,3,9H2,1-2H3. The fraction of sp³-hybridized carbons (Fsp3) is 0.357. The molecule has 0 fully saturated rings. The van der Waals surface area contributed by atoms with E-state index in [9.17, 15) is 4.79 Å². The minimum atomic E-state index is -0.261. The molecule has 1 aromatic carbocycles. The first-order valence-corrected chi connectivity index (χ1v) is 5.81. The average molecular weight is 232 g/mol. The Morgan fingerprint density at radius 1 is 1.41 bits per heavy atom. The molecule has 0 N–H and O–H groups in total. The van der Waals surface area contributed by atoms with E-state index in [4.69, 9.17) is 9.47 Å². The SMILES string of the molecule is CCOC(=O)C1=C(C)OC(c2ccccc2)C1. The van der Waals surface area contributed by atoms with Gasteiger partial charge in [0.15, 0.2) is 0 Å². The van der Waals surface area contributed by atoms with Gasteiger partial charge in [-0.05, 0) is 19.4 Å². The predicted molar refractivity (Wildman–Crippen MR) is 64.2 cm³/mol. The first-order chi connectivity index (χ1) is 8.22. The average Bonchev–Trinajstić information content (AvgIpc) is 2.73. The van der Waals surface area contributed by atoms with Gasteiger partial charge in [-0.3, -0.25) is 0 Å². The van der Waals surface area contributed by atoms with Crippen molar-refractivity contribution in [1.82, 2.24) is 0 Å². The Kier molecular flexibility index (Phi) is 3.47. The molecule has 1 aromatic rings. The van der Waals surface area contributed by atoms with Crippen LogP contribution in [0.2, 0.25) is 0 Å². The second-order valence-corrected chi connectivity index (χ2v) is 3.98. The van der Waals surface area contributed by atoms with Crippen LogP contribution in [-0.4, -0.2) is 12.6 Å². The maximum absolute atomic E-state index is 11.7. The van der Waals surface area contributed by atoms with Gasteiger partial charge in [0.1, 0.15) is 11.9 Å². The summed E-state index contributed by atoms with van der Waals surface area (Å²) >= 11 is 0. The maximum atomic E-state index is 11.7. The normalized spacial score (nSPS) is 19.1. The molecule has 0 saturated carbocycles. The van der Waals surface area contributed by atoms with Gasteiger partial charge in [0.2, 0.25) is 0 Å². The Morgan fingerprint density at radius 3 is 2.76 bits per heavy atom. The highest BCUT2D eigenvalue weighted by Crippen LogP contribution is 2.36. The van der Waals surface area contributed by atoms with Gasteiger partial charge in [-0.1, -0.05) is 30.3 Å². The molecule has 17 heavy (non-hydrogen) atoms. The zero-order chi connectivity index (χ0) is 12.3. The van der Waals surface area contributed by atoms with E-state index >= 15 is 0 Å². The Bertz CT molecular complexity index is 434. The summed E-state index contributed by atoms with van der Waals surface area (Å²) in [7, 11) is 0. The van der Waals surface area contributed by atoms with Crippen LogP contribution in [-0.2, 0) is 14.3 Å². The largest absolute Gasteiger partial charge is 0.489 e. The number of carbonyl (C=O) groups excluding carboxylic acids is 1. The summed E-state index contributed by atoms with van der Waals surface area (Å²) in [5.41, 5.74) is 1.74. The van der Waals surface area contributed by atoms with Crippen molar-refractivity contribution in [3.63, 3.8) is 0 Å². The number of hydrogen-bond acceptors (Lipinski definition) is 3. The van der Waals surface area contributed by atoms with E-state index < -0.39 is 0 Å². The molecular formula is C14H16O3. The van der Waals surface area contributed by atoms with Gasteiger partial charge >= 0.3 is 5.97 Å². The van der Waals surface area contributed by atoms with Crippen molar-refractivity contribution in [3.05, 3.63) is 47.2 Å². The van der Waals surface area contributed by atoms with Crippen LogP contribution in [0.1, 0.15) is 31.9 Å². The molecule has 0 radical (unpaired) electrons. The Morgan fingerprint density at radius 2 is 2.12 bits per heavy atom. The van der Waals surface area contributed by atoms with Crippen molar-refractivity contribution in [3.8, 4) is 0 Å². The van der Waals surface area contributed by atoms with Gasteiger partial charge in [0, 0.05) is 6.42 Å². The molecule has 0 aliphatic carbocycles. The number of rotatable bonds is 3. The van der Waals surface area contributed by atoms with Crippen LogP contribution in [0, 0.1) is 0 Å². The molecule has 0 saturated heterocycles. The zero-order valence-corrected chi connectivity index (χ0v) is 10.1. The van der Waals surface area contributed by atoms with Crippen molar-refractivity contribution < 1.29 is 14.3 Å². The third-order valence-electron chi connectivity index (χ3n) is 2.83. The van der Waals surface area contributed by atoms with Gasteiger partial charge < -0.3 is 9.47 Å². The summed E-state index contributed by atoms with van der Waals surface area (Å²) in [5.74, 6) is 0.417. The van der Waals surface area contributed by atoms with Crippen LogP contribution in [0.4, 0.5) is 0 Å². The molecule has 1 atom stereocenters. The number of allylic oxidation sites excluding steroid dienone is 1. The van der Waals surface area contributed by atoms with Gasteiger partial charge in [-0.15, -0.1) is 0 Å². The fourth-order valence-corrected chi connectivity index (χ4v) is 1.95. The third-order valence-corrected chi connectivity index (χ3v) is 2.83. The summed E-state index contributed by atoms with van der Waals surface area (Å²) in [6, 6.07) is 9.91. The monoisotopic (exact) mass is 232 g/mol. The van der Waals surface area contributed by atoms with Gasteiger partial charge in [-0.25, -0.2) is 4.79 Å². The minimum absolute atomic E-state index is 0.0596. The molecular weight excluding hydrogens is 216 g/mol. The summed E-state index contributed by atoms with van der Waals surface area (Å²) in [4.78, 5) is 11.7. The van der Waals surface area contributed by atoms with Crippen LogP contribution in [0.15, 0.2) is 41.7 Å². The molecule has 2 rings (SSSR count). The number of benzene rings is 1. The second kappa shape index (κ2) is 5.04. The number of ether oxygens (including phenoxy) is 2. The van der Waals surface area contributed by atoms with E-state index in [0.29, 0.717) is 24.4 Å². The molecule has 0 bridgehead atoms. The van der Waals surface area contributed by atoms with Crippen molar-refractivity contribution in [1.29, 1.82) is 0 Å². The molecule has 1 heterocycles. The van der Waals surface area contributed by atoms with Gasteiger partial charge in [-0.2, -0.15) is 0 Å². The van der Waals surface area contributed by atoms with E-state index in [2.05, 4.69) is 0 Å². The zero-order valence-electron chi connectivity index (χ0n) is 10.1. The summed E-state index contributed by atoms with van der Waals surface area (Å²) < 4.78 is 10.7. The van der Waals surface area contributed by atoms with Crippen LogP contribution >= 0.6 is 0 Å². The molecule has 1 aliphatic heterocycles. The summed E-state index contributed by atoms with van der Waals surface area (Å²) in [6.45, 7) is 4.01. The molecule has 0 aromatic heterocycles. The molecule has 0 amide bonds.